The van der Waals surface area contributed by atoms with Crippen molar-refractivity contribution >= 4 is 11.9 Å². The van der Waals surface area contributed by atoms with Crippen LogP contribution in [0.2, 0.25) is 0 Å². The number of amides is 1. The number of nitrogens with zero attached hydrogens (tertiary/aromatic N) is 1. The lowest BCUT2D eigenvalue weighted by molar-refractivity contribution is -0.143. The zero-order chi connectivity index (χ0) is 18.4. The van der Waals surface area contributed by atoms with E-state index in [2.05, 4.69) is 13.8 Å². The summed E-state index contributed by atoms with van der Waals surface area (Å²) in [4.78, 5) is 25.5. The summed E-state index contributed by atoms with van der Waals surface area (Å²) in [7, 11) is 1.54. The normalized spacial score (nSPS) is 17.4. The van der Waals surface area contributed by atoms with Gasteiger partial charge in [-0.2, -0.15) is 0 Å². The van der Waals surface area contributed by atoms with E-state index < -0.39 is 11.9 Å². The second-order valence-corrected chi connectivity index (χ2v) is 6.83. The molecule has 0 aliphatic carbocycles. The molecule has 25 heavy (non-hydrogen) atoms. The van der Waals surface area contributed by atoms with Crippen molar-refractivity contribution in [1.29, 1.82) is 0 Å². The molecule has 1 atom stereocenters. The number of methoxy groups -OCH3 is 1. The number of hydrogen-bond acceptors (Lipinski definition) is 4. The average molecular weight is 349 g/mol. The van der Waals surface area contributed by atoms with Gasteiger partial charge in [-0.15, -0.1) is 0 Å². The number of benzene rings is 1. The third-order valence-corrected chi connectivity index (χ3v) is 4.42. The molecule has 1 aliphatic rings. The first-order valence-electron chi connectivity index (χ1n) is 8.75. The van der Waals surface area contributed by atoms with Crippen LogP contribution in [0, 0.1) is 11.8 Å². The molecule has 0 radical (unpaired) electrons. The van der Waals surface area contributed by atoms with Crippen molar-refractivity contribution in [1.82, 2.24) is 4.90 Å². The average Bonchev–Trinajstić information content (AvgIpc) is 2.61. The summed E-state index contributed by atoms with van der Waals surface area (Å²) < 4.78 is 11.1. The number of carbonyl (C=O) groups is 2. The van der Waals surface area contributed by atoms with E-state index in [1.54, 1.807) is 30.2 Å². The lowest BCUT2D eigenvalue weighted by atomic mass is 9.97. The first-order valence-corrected chi connectivity index (χ1v) is 8.75. The highest BCUT2D eigenvalue weighted by atomic mass is 16.5. The Morgan fingerprint density at radius 3 is 2.72 bits per heavy atom. The summed E-state index contributed by atoms with van der Waals surface area (Å²) >= 11 is 0. The summed E-state index contributed by atoms with van der Waals surface area (Å²) in [5, 5.41) is 9.17. The highest BCUT2D eigenvalue weighted by Gasteiger charge is 2.29. The van der Waals surface area contributed by atoms with Gasteiger partial charge in [-0.05, 0) is 43.4 Å². The smallest absolute Gasteiger partial charge is 0.308 e. The molecule has 1 aromatic rings. The van der Waals surface area contributed by atoms with Crippen LogP contribution >= 0.6 is 0 Å². The minimum absolute atomic E-state index is 0.169. The first kappa shape index (κ1) is 19.1. The fourth-order valence-electron chi connectivity index (χ4n) is 2.87. The molecule has 0 saturated carbocycles. The lowest BCUT2D eigenvalue weighted by Crippen LogP contribution is -2.42. The number of ether oxygens (including phenoxy) is 2. The van der Waals surface area contributed by atoms with Crippen LogP contribution in [-0.2, 0) is 4.79 Å². The molecule has 1 N–H and O–H groups in total. The molecule has 1 aliphatic heterocycles. The molecule has 1 aromatic carbocycles. The number of rotatable bonds is 7. The molecular weight excluding hydrogens is 322 g/mol. The molecule has 0 aromatic heterocycles. The molecule has 1 amide bonds. The largest absolute Gasteiger partial charge is 0.493 e. The Labute approximate surface area is 148 Å². The topological polar surface area (TPSA) is 76.1 Å². The predicted octanol–water partition coefficient (Wildman–Crippen LogP) is 3.06. The fraction of sp³-hybridized carbons (Fsp3) is 0.579. The Balaban J connectivity index is 2.08. The molecule has 6 nitrogen and oxygen atoms in total. The molecule has 1 fully saturated rings. The van der Waals surface area contributed by atoms with Gasteiger partial charge in [-0.25, -0.2) is 0 Å². The molecule has 6 heteroatoms. The van der Waals surface area contributed by atoms with E-state index in [1.165, 1.54) is 0 Å². The minimum atomic E-state index is -0.844. The summed E-state index contributed by atoms with van der Waals surface area (Å²) in [6.07, 6.45) is 2.26. The van der Waals surface area contributed by atoms with E-state index in [4.69, 9.17) is 9.47 Å². The molecule has 0 bridgehead atoms. The van der Waals surface area contributed by atoms with E-state index in [-0.39, 0.29) is 12.5 Å². The molecular formula is C19H27NO5. The maximum Gasteiger partial charge on any atom is 0.308 e. The van der Waals surface area contributed by atoms with E-state index in [9.17, 15) is 14.7 Å². The zero-order valence-electron chi connectivity index (χ0n) is 15.2. The lowest BCUT2D eigenvalue weighted by Gasteiger charge is -2.30. The predicted molar refractivity (Wildman–Crippen MR) is 94.2 cm³/mol. The summed E-state index contributed by atoms with van der Waals surface area (Å²) in [5.41, 5.74) is 0.485. The van der Waals surface area contributed by atoms with Crippen LogP contribution in [0.25, 0.3) is 0 Å². The monoisotopic (exact) mass is 349 g/mol. The number of hydrogen-bond donors (Lipinski definition) is 1. The molecule has 138 valence electrons. The van der Waals surface area contributed by atoms with E-state index in [1.807, 2.05) is 0 Å². The Hall–Kier alpha value is -2.24. The van der Waals surface area contributed by atoms with Crippen LogP contribution in [0.4, 0.5) is 0 Å². The van der Waals surface area contributed by atoms with Gasteiger partial charge in [0.2, 0.25) is 0 Å². The van der Waals surface area contributed by atoms with E-state index in [0.717, 1.165) is 6.42 Å². The van der Waals surface area contributed by atoms with Gasteiger partial charge >= 0.3 is 5.97 Å². The molecule has 1 unspecified atom stereocenters. The second kappa shape index (κ2) is 8.74. The molecule has 0 spiro atoms. The quantitative estimate of drug-likeness (QED) is 0.819. The van der Waals surface area contributed by atoms with Crippen molar-refractivity contribution in [2.45, 2.75) is 33.1 Å². The van der Waals surface area contributed by atoms with Crippen LogP contribution in [-0.4, -0.2) is 48.7 Å². The SMILES string of the molecule is COc1cc(C(=O)N2CCCC(C(=O)O)C2)ccc1OCCC(C)C. The highest BCUT2D eigenvalue weighted by molar-refractivity contribution is 5.95. The molecule has 1 heterocycles. The van der Waals surface area contributed by atoms with Crippen LogP contribution in [0.1, 0.15) is 43.5 Å². The summed E-state index contributed by atoms with van der Waals surface area (Å²) in [5.74, 6) is 0.177. The molecule has 2 rings (SSSR count). The van der Waals surface area contributed by atoms with Gasteiger partial charge in [0.05, 0.1) is 19.6 Å². The number of aliphatic carboxylic acids is 1. The molecule has 1 saturated heterocycles. The van der Waals surface area contributed by atoms with Crippen LogP contribution < -0.4 is 9.47 Å². The second-order valence-electron chi connectivity index (χ2n) is 6.83. The fourth-order valence-corrected chi connectivity index (χ4v) is 2.87. The van der Waals surface area contributed by atoms with Crippen molar-refractivity contribution in [2.75, 3.05) is 26.8 Å². The third-order valence-electron chi connectivity index (χ3n) is 4.42. The number of carboxylic acids is 1. The van der Waals surface area contributed by atoms with E-state index >= 15 is 0 Å². The number of carbonyl (C=O) groups excluding carboxylic acids is 1. The number of piperidine rings is 1. The zero-order valence-corrected chi connectivity index (χ0v) is 15.2. The van der Waals surface area contributed by atoms with Gasteiger partial charge in [0.1, 0.15) is 0 Å². The van der Waals surface area contributed by atoms with Gasteiger partial charge in [0.25, 0.3) is 5.91 Å². The Morgan fingerprint density at radius 1 is 1.32 bits per heavy atom. The Bertz CT molecular complexity index is 614. The summed E-state index contributed by atoms with van der Waals surface area (Å²) in [6.45, 7) is 5.69. The van der Waals surface area contributed by atoms with Gasteiger partial charge in [0.15, 0.2) is 11.5 Å². The van der Waals surface area contributed by atoms with Gasteiger partial charge in [0, 0.05) is 18.7 Å². The van der Waals surface area contributed by atoms with Crippen molar-refractivity contribution in [3.05, 3.63) is 23.8 Å². The van der Waals surface area contributed by atoms with Crippen LogP contribution in [0.15, 0.2) is 18.2 Å². The van der Waals surface area contributed by atoms with Crippen molar-refractivity contribution in [3.63, 3.8) is 0 Å². The number of carboxylic acid groups (broad SMARTS) is 1. The standard InChI is InChI=1S/C19H27NO5/c1-13(2)8-10-25-16-7-6-14(11-17(16)24-3)18(21)20-9-4-5-15(12-20)19(22)23/h6-7,11,13,15H,4-5,8-10,12H2,1-3H3,(H,22,23). The van der Waals surface area contributed by atoms with Crippen molar-refractivity contribution in [3.8, 4) is 11.5 Å². The van der Waals surface area contributed by atoms with Crippen LogP contribution in [0.3, 0.4) is 0 Å². The third kappa shape index (κ3) is 5.11. The minimum Gasteiger partial charge on any atom is -0.493 e. The number of likely N-dealkylation sites (tertiary alicyclic amines) is 1. The first-order chi connectivity index (χ1) is 11.9. The Kier molecular flexibility index (Phi) is 6.67. The summed E-state index contributed by atoms with van der Waals surface area (Å²) in [6, 6.07) is 5.11. The maximum atomic E-state index is 12.7. The Morgan fingerprint density at radius 2 is 2.08 bits per heavy atom. The van der Waals surface area contributed by atoms with Crippen LogP contribution in [0.5, 0.6) is 11.5 Å². The van der Waals surface area contributed by atoms with Crippen molar-refractivity contribution in [2.24, 2.45) is 11.8 Å². The van der Waals surface area contributed by atoms with Gasteiger partial charge < -0.3 is 19.5 Å². The van der Waals surface area contributed by atoms with Gasteiger partial charge in [-0.3, -0.25) is 9.59 Å². The van der Waals surface area contributed by atoms with Gasteiger partial charge in [-0.1, -0.05) is 13.8 Å². The van der Waals surface area contributed by atoms with Crippen molar-refractivity contribution < 1.29 is 24.2 Å². The van der Waals surface area contributed by atoms with E-state index in [0.29, 0.717) is 49.0 Å². The maximum absolute atomic E-state index is 12.7. The highest BCUT2D eigenvalue weighted by Crippen LogP contribution is 2.29.